The number of rotatable bonds is 4. The Balaban J connectivity index is 1.89. The third-order valence-corrected chi connectivity index (χ3v) is 4.49. The van der Waals surface area contributed by atoms with E-state index in [0.29, 0.717) is 11.4 Å². The molecule has 4 heteroatoms. The Morgan fingerprint density at radius 3 is 1.89 bits per heavy atom. The van der Waals surface area contributed by atoms with Crippen molar-refractivity contribution in [3.63, 3.8) is 0 Å². The van der Waals surface area contributed by atoms with Crippen LogP contribution >= 0.6 is 0 Å². The molecule has 1 aliphatic heterocycles. The first-order valence-corrected chi connectivity index (χ1v) is 8.76. The van der Waals surface area contributed by atoms with Gasteiger partial charge in [-0.3, -0.25) is 4.99 Å². The first-order valence-electron chi connectivity index (χ1n) is 8.76. The van der Waals surface area contributed by atoms with Gasteiger partial charge in [0.25, 0.3) is 6.43 Å². The summed E-state index contributed by atoms with van der Waals surface area (Å²) in [4.78, 5) is 6.46. The first-order chi connectivity index (χ1) is 13.2. The molecule has 3 aromatic rings. The van der Waals surface area contributed by atoms with E-state index in [0.717, 1.165) is 11.1 Å². The molecule has 0 bridgehead atoms. The van der Waals surface area contributed by atoms with Gasteiger partial charge in [0.05, 0.1) is 11.4 Å². The molecule has 1 atom stereocenters. The lowest BCUT2D eigenvalue weighted by Crippen LogP contribution is -2.34. The standard InChI is InChI=1S/C23H18F2N2/c24-22(25)21-16-20(17-10-4-1-5-11-17)26-23(18-12-6-2-7-13-18)27(21)19-14-8-3-9-15-19/h1-16,22-23H/t23-/m1/s1. The molecular weight excluding hydrogens is 342 g/mol. The predicted octanol–water partition coefficient (Wildman–Crippen LogP) is 5.84. The molecule has 0 N–H and O–H groups in total. The second kappa shape index (κ2) is 7.54. The highest BCUT2D eigenvalue weighted by Crippen LogP contribution is 2.37. The molecule has 134 valence electrons. The second-order valence-electron chi connectivity index (χ2n) is 6.24. The molecule has 3 aromatic carbocycles. The van der Waals surface area contributed by atoms with Gasteiger partial charge in [-0.2, -0.15) is 0 Å². The van der Waals surface area contributed by atoms with E-state index in [4.69, 9.17) is 4.99 Å². The van der Waals surface area contributed by atoms with Crippen molar-refractivity contribution in [2.75, 3.05) is 4.90 Å². The summed E-state index contributed by atoms with van der Waals surface area (Å²) in [6.07, 6.45) is -1.68. The lowest BCUT2D eigenvalue weighted by molar-refractivity contribution is 0.183. The van der Waals surface area contributed by atoms with Crippen LogP contribution in [0.15, 0.2) is 108 Å². The van der Waals surface area contributed by atoms with E-state index in [1.165, 1.54) is 6.08 Å². The minimum absolute atomic E-state index is 0.0519. The molecule has 0 fully saturated rings. The quantitative estimate of drug-likeness (QED) is 0.570. The van der Waals surface area contributed by atoms with Crippen molar-refractivity contribution in [1.82, 2.24) is 0 Å². The molecule has 0 aromatic heterocycles. The summed E-state index contributed by atoms with van der Waals surface area (Å²) < 4.78 is 28.1. The minimum atomic E-state index is -2.62. The topological polar surface area (TPSA) is 15.6 Å². The number of para-hydroxylation sites is 1. The molecule has 0 radical (unpaired) electrons. The second-order valence-corrected chi connectivity index (χ2v) is 6.24. The largest absolute Gasteiger partial charge is 0.313 e. The van der Waals surface area contributed by atoms with Gasteiger partial charge in [-0.05, 0) is 29.3 Å². The molecule has 27 heavy (non-hydrogen) atoms. The van der Waals surface area contributed by atoms with Crippen LogP contribution in [0.5, 0.6) is 0 Å². The van der Waals surface area contributed by atoms with E-state index in [1.807, 2.05) is 91.0 Å². The Hall–Kier alpha value is -3.27. The maximum atomic E-state index is 14.1. The van der Waals surface area contributed by atoms with Crippen molar-refractivity contribution in [3.05, 3.63) is 114 Å². The SMILES string of the molecule is FC(F)C1=CC(c2ccccc2)=N[C@@H](c2ccccc2)N1c1ccccc1. The van der Waals surface area contributed by atoms with Crippen molar-refractivity contribution in [2.24, 2.45) is 4.99 Å². The molecule has 0 saturated carbocycles. The van der Waals surface area contributed by atoms with Gasteiger partial charge in [0.1, 0.15) is 0 Å². The summed E-state index contributed by atoms with van der Waals surface area (Å²) >= 11 is 0. The molecular formula is C23H18F2N2. The van der Waals surface area contributed by atoms with Crippen LogP contribution in [-0.2, 0) is 0 Å². The van der Waals surface area contributed by atoms with Crippen LogP contribution in [0.25, 0.3) is 0 Å². The van der Waals surface area contributed by atoms with Crippen LogP contribution in [0.2, 0.25) is 0 Å². The first kappa shape index (κ1) is 17.2. The maximum absolute atomic E-state index is 14.1. The number of allylic oxidation sites excluding steroid dienone is 2. The van der Waals surface area contributed by atoms with Crippen molar-refractivity contribution < 1.29 is 8.78 Å². The molecule has 1 aliphatic rings. The summed E-state index contributed by atoms with van der Waals surface area (Å²) in [5.41, 5.74) is 2.88. The van der Waals surface area contributed by atoms with Gasteiger partial charge in [-0.25, -0.2) is 8.78 Å². The number of nitrogens with zero attached hydrogens (tertiary/aromatic N) is 2. The average Bonchev–Trinajstić information content (AvgIpc) is 2.74. The molecule has 0 spiro atoms. The van der Waals surface area contributed by atoms with Crippen molar-refractivity contribution >= 4 is 11.4 Å². The zero-order valence-corrected chi connectivity index (χ0v) is 14.5. The third-order valence-electron chi connectivity index (χ3n) is 4.49. The molecule has 0 amide bonds. The number of halogens is 2. The molecule has 0 aliphatic carbocycles. The van der Waals surface area contributed by atoms with Crippen LogP contribution in [0, 0.1) is 0 Å². The summed E-state index contributed by atoms with van der Waals surface area (Å²) in [5, 5.41) is 0. The Kier molecular flexibility index (Phi) is 4.79. The summed E-state index contributed by atoms with van der Waals surface area (Å²) in [6, 6.07) is 28.2. The summed E-state index contributed by atoms with van der Waals surface area (Å²) in [6.45, 7) is 0. The Morgan fingerprint density at radius 2 is 1.30 bits per heavy atom. The molecule has 2 nitrogen and oxygen atoms in total. The zero-order chi connectivity index (χ0) is 18.6. The fourth-order valence-corrected chi connectivity index (χ4v) is 3.24. The molecule has 1 heterocycles. The lowest BCUT2D eigenvalue weighted by Gasteiger charge is -2.36. The van der Waals surface area contributed by atoms with Crippen LogP contribution in [0.3, 0.4) is 0 Å². The fourth-order valence-electron chi connectivity index (χ4n) is 3.24. The van der Waals surface area contributed by atoms with Crippen LogP contribution < -0.4 is 4.90 Å². The maximum Gasteiger partial charge on any atom is 0.278 e. The van der Waals surface area contributed by atoms with Gasteiger partial charge in [0.15, 0.2) is 6.17 Å². The summed E-state index contributed by atoms with van der Waals surface area (Å²) in [5.74, 6) is 0. The Bertz CT molecular complexity index is 951. The highest BCUT2D eigenvalue weighted by Gasteiger charge is 2.32. The number of aliphatic imine (C=N–C) groups is 1. The van der Waals surface area contributed by atoms with Crippen LogP contribution in [-0.4, -0.2) is 12.1 Å². The fraction of sp³-hybridized carbons (Fsp3) is 0.0870. The minimum Gasteiger partial charge on any atom is -0.313 e. The van der Waals surface area contributed by atoms with Gasteiger partial charge >= 0.3 is 0 Å². The van der Waals surface area contributed by atoms with E-state index in [-0.39, 0.29) is 5.70 Å². The number of hydrogen-bond acceptors (Lipinski definition) is 2. The van der Waals surface area contributed by atoms with Crippen molar-refractivity contribution in [1.29, 1.82) is 0 Å². The Labute approximate surface area is 157 Å². The van der Waals surface area contributed by atoms with E-state index in [1.54, 1.807) is 4.90 Å². The molecule has 0 saturated heterocycles. The monoisotopic (exact) mass is 360 g/mol. The van der Waals surface area contributed by atoms with Gasteiger partial charge in [0.2, 0.25) is 0 Å². The highest BCUT2D eigenvalue weighted by atomic mass is 19.3. The lowest BCUT2D eigenvalue weighted by atomic mass is 10.0. The summed E-state index contributed by atoms with van der Waals surface area (Å²) in [7, 11) is 0. The van der Waals surface area contributed by atoms with Gasteiger partial charge in [-0.1, -0.05) is 78.9 Å². The normalized spacial score (nSPS) is 16.9. The van der Waals surface area contributed by atoms with Crippen LogP contribution in [0.1, 0.15) is 17.3 Å². The average molecular weight is 360 g/mol. The van der Waals surface area contributed by atoms with Crippen LogP contribution in [0.4, 0.5) is 14.5 Å². The number of alkyl halides is 2. The number of anilines is 1. The van der Waals surface area contributed by atoms with E-state index in [9.17, 15) is 8.78 Å². The van der Waals surface area contributed by atoms with Gasteiger partial charge in [-0.15, -0.1) is 0 Å². The number of hydrogen-bond donors (Lipinski definition) is 0. The molecule has 4 rings (SSSR count). The zero-order valence-electron chi connectivity index (χ0n) is 14.5. The molecule has 0 unspecified atom stereocenters. The Morgan fingerprint density at radius 1 is 0.741 bits per heavy atom. The van der Waals surface area contributed by atoms with E-state index < -0.39 is 12.6 Å². The van der Waals surface area contributed by atoms with E-state index in [2.05, 4.69) is 0 Å². The third kappa shape index (κ3) is 3.51. The van der Waals surface area contributed by atoms with Gasteiger partial charge < -0.3 is 4.90 Å². The highest BCUT2D eigenvalue weighted by molar-refractivity contribution is 6.10. The van der Waals surface area contributed by atoms with E-state index >= 15 is 0 Å². The van der Waals surface area contributed by atoms with Gasteiger partial charge in [0, 0.05) is 5.69 Å². The number of benzene rings is 3. The van der Waals surface area contributed by atoms with Crippen molar-refractivity contribution in [2.45, 2.75) is 12.6 Å². The predicted molar refractivity (Wildman–Crippen MR) is 105 cm³/mol. The smallest absolute Gasteiger partial charge is 0.278 e. The van der Waals surface area contributed by atoms with Crippen molar-refractivity contribution in [3.8, 4) is 0 Å².